The highest BCUT2D eigenvalue weighted by Crippen LogP contribution is 2.38. The molecule has 0 aliphatic heterocycles. The smallest absolute Gasteiger partial charge is 0.387 e. The fraction of sp³-hybridized carbons (Fsp3) is 0.200. The highest BCUT2D eigenvalue weighted by molar-refractivity contribution is 9.10. The molecular formula is C15H13BrF2O2. The van der Waals surface area contributed by atoms with E-state index in [-0.39, 0.29) is 5.75 Å². The Morgan fingerprint density at radius 2 is 1.90 bits per heavy atom. The maximum Gasteiger partial charge on any atom is 0.387 e. The van der Waals surface area contributed by atoms with Crippen molar-refractivity contribution >= 4 is 15.9 Å². The van der Waals surface area contributed by atoms with E-state index in [1.54, 1.807) is 24.3 Å². The first-order valence-corrected chi connectivity index (χ1v) is 6.87. The van der Waals surface area contributed by atoms with Crippen LogP contribution in [0, 0.1) is 0 Å². The van der Waals surface area contributed by atoms with Crippen LogP contribution in [0.15, 0.2) is 46.9 Å². The van der Waals surface area contributed by atoms with Gasteiger partial charge < -0.3 is 9.47 Å². The normalized spacial score (nSPS) is 10.7. The molecular weight excluding hydrogens is 330 g/mol. The van der Waals surface area contributed by atoms with Crippen LogP contribution in [-0.2, 0) is 0 Å². The lowest BCUT2D eigenvalue weighted by molar-refractivity contribution is -0.0499. The van der Waals surface area contributed by atoms with Crippen LogP contribution in [0.4, 0.5) is 8.78 Å². The van der Waals surface area contributed by atoms with Gasteiger partial charge in [0.2, 0.25) is 0 Å². The summed E-state index contributed by atoms with van der Waals surface area (Å²) in [5.74, 6) is 0.809. The fourth-order valence-corrected chi connectivity index (χ4v) is 2.32. The number of alkyl halides is 2. The van der Waals surface area contributed by atoms with Gasteiger partial charge in [-0.15, -0.1) is 0 Å². The summed E-state index contributed by atoms with van der Waals surface area (Å²) in [6.45, 7) is -0.443. The molecule has 0 spiro atoms. The zero-order valence-electron chi connectivity index (χ0n) is 10.8. The zero-order chi connectivity index (χ0) is 14.5. The first-order chi connectivity index (χ1) is 9.61. The Morgan fingerprint density at radius 3 is 2.60 bits per heavy atom. The minimum absolute atomic E-state index is 0.121. The summed E-state index contributed by atoms with van der Waals surface area (Å²) >= 11 is 3.23. The Morgan fingerprint density at radius 1 is 1.15 bits per heavy atom. The summed E-state index contributed by atoms with van der Waals surface area (Å²) in [6, 6.07) is 12.4. The van der Waals surface area contributed by atoms with E-state index >= 15 is 0 Å². The molecule has 0 N–H and O–H groups in total. The van der Waals surface area contributed by atoms with Gasteiger partial charge in [0.15, 0.2) is 0 Å². The minimum atomic E-state index is -2.87. The molecule has 5 heteroatoms. The number of ether oxygens (including phenoxy) is 2. The lowest BCUT2D eigenvalue weighted by Crippen LogP contribution is -2.04. The minimum Gasteiger partial charge on any atom is -0.494 e. The van der Waals surface area contributed by atoms with Crippen LogP contribution in [0.5, 0.6) is 11.5 Å². The van der Waals surface area contributed by atoms with Gasteiger partial charge in [-0.1, -0.05) is 24.3 Å². The predicted octanol–water partition coefficient (Wildman–Crippen LogP) is 5.12. The fourth-order valence-electron chi connectivity index (χ4n) is 1.87. The molecule has 0 amide bonds. The Balaban J connectivity index is 2.46. The van der Waals surface area contributed by atoms with E-state index < -0.39 is 6.61 Å². The van der Waals surface area contributed by atoms with Crippen molar-refractivity contribution in [1.29, 1.82) is 0 Å². The molecule has 2 rings (SSSR count). The summed E-state index contributed by atoms with van der Waals surface area (Å²) in [6.07, 6.45) is 0. The number of rotatable bonds is 5. The van der Waals surface area contributed by atoms with Gasteiger partial charge in [0.05, 0.1) is 11.1 Å². The van der Waals surface area contributed by atoms with E-state index in [9.17, 15) is 8.78 Å². The molecule has 0 aliphatic carbocycles. The van der Waals surface area contributed by atoms with Gasteiger partial charge >= 0.3 is 6.61 Å². The molecule has 0 heterocycles. The van der Waals surface area contributed by atoms with Crippen molar-refractivity contribution in [2.24, 2.45) is 0 Å². The number of hydrogen-bond acceptors (Lipinski definition) is 2. The van der Waals surface area contributed by atoms with E-state index in [0.29, 0.717) is 22.4 Å². The summed E-state index contributed by atoms with van der Waals surface area (Å²) < 4.78 is 35.6. The Hall–Kier alpha value is -1.62. The van der Waals surface area contributed by atoms with Crippen LogP contribution in [0.3, 0.4) is 0 Å². The monoisotopic (exact) mass is 342 g/mol. The maximum atomic E-state index is 12.5. The molecule has 0 radical (unpaired) electrons. The lowest BCUT2D eigenvalue weighted by atomic mass is 10.0. The number of para-hydroxylation sites is 1. The third-order valence-corrected chi connectivity index (χ3v) is 3.25. The average Bonchev–Trinajstić information content (AvgIpc) is 2.41. The quantitative estimate of drug-likeness (QED) is 0.751. The third kappa shape index (κ3) is 3.48. The molecule has 2 aromatic rings. The molecule has 106 valence electrons. The standard InChI is InChI=1S/C15H13BrF2O2/c1-2-19-11-6-3-5-10(9-11)12-7-4-8-13(16)14(12)20-15(17)18/h3-9,15H,2H2,1H3. The third-order valence-electron chi connectivity index (χ3n) is 2.63. The summed E-state index contributed by atoms with van der Waals surface area (Å²) in [4.78, 5) is 0. The van der Waals surface area contributed by atoms with E-state index in [1.165, 1.54) is 0 Å². The summed E-state index contributed by atoms with van der Waals surface area (Å²) in [5, 5.41) is 0. The molecule has 0 atom stereocenters. The van der Waals surface area contributed by atoms with Gasteiger partial charge in [0, 0.05) is 5.56 Å². The number of benzene rings is 2. The van der Waals surface area contributed by atoms with Gasteiger partial charge in [-0.25, -0.2) is 0 Å². The largest absolute Gasteiger partial charge is 0.494 e. The highest BCUT2D eigenvalue weighted by Gasteiger charge is 2.14. The molecule has 2 nitrogen and oxygen atoms in total. The second-order valence-electron chi connectivity index (χ2n) is 3.96. The number of halogens is 3. The van der Waals surface area contributed by atoms with Crippen LogP contribution < -0.4 is 9.47 Å². The first-order valence-electron chi connectivity index (χ1n) is 6.08. The Labute approximate surface area is 124 Å². The Bertz CT molecular complexity index is 588. The van der Waals surface area contributed by atoms with Crippen molar-refractivity contribution in [3.63, 3.8) is 0 Å². The SMILES string of the molecule is CCOc1cccc(-c2cccc(Br)c2OC(F)F)c1. The van der Waals surface area contributed by atoms with Crippen molar-refractivity contribution in [1.82, 2.24) is 0 Å². The molecule has 2 aromatic carbocycles. The zero-order valence-corrected chi connectivity index (χ0v) is 12.4. The predicted molar refractivity (Wildman–Crippen MR) is 77.4 cm³/mol. The van der Waals surface area contributed by atoms with Crippen molar-refractivity contribution in [3.8, 4) is 22.6 Å². The van der Waals surface area contributed by atoms with Gasteiger partial charge in [0.1, 0.15) is 11.5 Å². The highest BCUT2D eigenvalue weighted by atomic mass is 79.9. The Kier molecular flexibility index (Phi) is 4.95. The van der Waals surface area contributed by atoms with Crippen molar-refractivity contribution in [2.75, 3.05) is 6.61 Å². The van der Waals surface area contributed by atoms with Crippen molar-refractivity contribution in [3.05, 3.63) is 46.9 Å². The second-order valence-corrected chi connectivity index (χ2v) is 4.81. The molecule has 0 unspecified atom stereocenters. The maximum absolute atomic E-state index is 12.5. The first kappa shape index (κ1) is 14.8. The van der Waals surface area contributed by atoms with Crippen molar-refractivity contribution < 1.29 is 18.3 Å². The molecule has 0 bridgehead atoms. The second kappa shape index (κ2) is 6.70. The van der Waals surface area contributed by atoms with Crippen LogP contribution in [0.25, 0.3) is 11.1 Å². The molecule has 0 fully saturated rings. The lowest BCUT2D eigenvalue weighted by Gasteiger charge is -2.13. The molecule has 0 aromatic heterocycles. The van der Waals surface area contributed by atoms with E-state index in [0.717, 1.165) is 5.56 Å². The van der Waals surface area contributed by atoms with E-state index in [2.05, 4.69) is 20.7 Å². The topological polar surface area (TPSA) is 18.5 Å². The van der Waals surface area contributed by atoms with Gasteiger partial charge in [-0.3, -0.25) is 0 Å². The number of hydrogen-bond donors (Lipinski definition) is 0. The van der Waals surface area contributed by atoms with E-state index in [1.807, 2.05) is 25.1 Å². The van der Waals surface area contributed by atoms with Crippen LogP contribution in [-0.4, -0.2) is 13.2 Å². The molecule has 0 saturated carbocycles. The molecule has 0 aliphatic rings. The van der Waals surface area contributed by atoms with Crippen LogP contribution in [0.1, 0.15) is 6.92 Å². The van der Waals surface area contributed by atoms with Gasteiger partial charge in [0.25, 0.3) is 0 Å². The summed E-state index contributed by atoms with van der Waals surface area (Å²) in [7, 11) is 0. The van der Waals surface area contributed by atoms with Crippen LogP contribution >= 0.6 is 15.9 Å². The molecule has 20 heavy (non-hydrogen) atoms. The summed E-state index contributed by atoms with van der Waals surface area (Å²) in [5.41, 5.74) is 1.34. The average molecular weight is 343 g/mol. The van der Waals surface area contributed by atoms with E-state index in [4.69, 9.17) is 4.74 Å². The van der Waals surface area contributed by atoms with Crippen molar-refractivity contribution in [2.45, 2.75) is 13.5 Å². The van der Waals surface area contributed by atoms with Crippen LogP contribution in [0.2, 0.25) is 0 Å². The van der Waals surface area contributed by atoms with Gasteiger partial charge in [-0.2, -0.15) is 8.78 Å². The molecule has 0 saturated heterocycles. The van der Waals surface area contributed by atoms with Gasteiger partial charge in [-0.05, 0) is 46.6 Å².